The van der Waals surface area contributed by atoms with Gasteiger partial charge in [-0.05, 0) is 38.9 Å². The van der Waals surface area contributed by atoms with Gasteiger partial charge in [0.1, 0.15) is 17.1 Å². The molecule has 2 aliphatic rings. The van der Waals surface area contributed by atoms with E-state index < -0.39 is 12.1 Å². The van der Waals surface area contributed by atoms with E-state index in [0.29, 0.717) is 42.5 Å². The fourth-order valence-electron chi connectivity index (χ4n) is 3.77. The number of nitrogens with zero attached hydrogens (tertiary/aromatic N) is 1. The summed E-state index contributed by atoms with van der Waals surface area (Å²) in [6.45, 7) is 4.30. The molecule has 3 rings (SSSR count). The number of carbonyl (C=O) groups is 2. The van der Waals surface area contributed by atoms with Crippen LogP contribution in [-0.4, -0.2) is 60.7 Å². The number of aliphatic hydroxyl groups excluding tert-OH is 1. The summed E-state index contributed by atoms with van der Waals surface area (Å²) in [4.78, 5) is 25.7. The topological polar surface area (TPSA) is 102 Å². The van der Waals surface area contributed by atoms with Gasteiger partial charge >= 0.3 is 5.97 Å². The second-order valence-corrected chi connectivity index (χ2v) is 7.95. The van der Waals surface area contributed by atoms with Gasteiger partial charge in [-0.25, -0.2) is 4.79 Å². The summed E-state index contributed by atoms with van der Waals surface area (Å²) in [7, 11) is 0. The van der Waals surface area contributed by atoms with Crippen LogP contribution < -0.4 is 10.5 Å². The SMILES string of the molecule is CC(=O)CCCN1CC[C@H](COC(=O)c2cc(Cl)c(N)c3c2OCC3)[C@@H](O)C1. The predicted octanol–water partition coefficient (Wildman–Crippen LogP) is 2.07. The molecule has 0 amide bonds. The molecular weight excluding hydrogens is 384 g/mol. The Labute approximate surface area is 169 Å². The number of nitrogen functional groups attached to an aromatic ring is 1. The zero-order chi connectivity index (χ0) is 20.3. The third-order valence-electron chi connectivity index (χ3n) is 5.43. The molecular formula is C20H27ClN2O5. The second kappa shape index (κ2) is 9.11. The van der Waals surface area contributed by atoms with Gasteiger partial charge in [0, 0.05) is 30.9 Å². The number of ether oxygens (including phenoxy) is 2. The molecule has 2 aliphatic heterocycles. The first-order valence-electron chi connectivity index (χ1n) is 9.67. The lowest BCUT2D eigenvalue weighted by Crippen LogP contribution is -2.45. The van der Waals surface area contributed by atoms with E-state index in [-0.39, 0.29) is 23.9 Å². The lowest BCUT2D eigenvalue weighted by molar-refractivity contribution is -0.117. The van der Waals surface area contributed by atoms with E-state index in [1.165, 1.54) is 6.07 Å². The minimum atomic E-state index is -0.573. The van der Waals surface area contributed by atoms with Gasteiger partial charge in [0.05, 0.1) is 30.0 Å². The molecule has 0 saturated carbocycles. The fourth-order valence-corrected chi connectivity index (χ4v) is 4.00. The van der Waals surface area contributed by atoms with Crippen molar-refractivity contribution in [3.05, 3.63) is 22.2 Å². The summed E-state index contributed by atoms with van der Waals surface area (Å²) in [5, 5.41) is 10.7. The van der Waals surface area contributed by atoms with Crippen LogP contribution in [0.15, 0.2) is 6.07 Å². The summed E-state index contributed by atoms with van der Waals surface area (Å²) in [6, 6.07) is 1.48. The number of ketones is 1. The molecule has 1 aromatic rings. The van der Waals surface area contributed by atoms with Crippen LogP contribution in [0.3, 0.4) is 0 Å². The molecule has 0 unspecified atom stereocenters. The van der Waals surface area contributed by atoms with Crippen molar-refractivity contribution in [3.8, 4) is 5.75 Å². The Morgan fingerprint density at radius 3 is 2.96 bits per heavy atom. The van der Waals surface area contributed by atoms with E-state index in [1.54, 1.807) is 6.92 Å². The summed E-state index contributed by atoms with van der Waals surface area (Å²) in [6.07, 6.45) is 2.12. The Morgan fingerprint density at radius 2 is 2.25 bits per heavy atom. The van der Waals surface area contributed by atoms with Crippen molar-refractivity contribution in [1.82, 2.24) is 4.90 Å². The number of anilines is 1. The second-order valence-electron chi connectivity index (χ2n) is 7.55. The number of β-amino-alcohol motifs (C(OH)–C–C–N with tert-alkyl or cyclic N) is 1. The smallest absolute Gasteiger partial charge is 0.341 e. The number of nitrogens with two attached hydrogens (primary N) is 1. The van der Waals surface area contributed by atoms with Crippen molar-refractivity contribution >= 4 is 29.0 Å². The number of carbonyl (C=O) groups excluding carboxylic acids is 2. The minimum Gasteiger partial charge on any atom is -0.492 e. The molecule has 0 bridgehead atoms. The van der Waals surface area contributed by atoms with Crippen LogP contribution in [-0.2, 0) is 16.0 Å². The largest absolute Gasteiger partial charge is 0.492 e. The molecule has 28 heavy (non-hydrogen) atoms. The highest BCUT2D eigenvalue weighted by molar-refractivity contribution is 6.33. The van der Waals surface area contributed by atoms with Crippen LogP contribution >= 0.6 is 11.6 Å². The Morgan fingerprint density at radius 1 is 1.46 bits per heavy atom. The van der Waals surface area contributed by atoms with Crippen molar-refractivity contribution in [2.45, 2.75) is 38.7 Å². The van der Waals surface area contributed by atoms with Gasteiger partial charge in [-0.2, -0.15) is 0 Å². The van der Waals surface area contributed by atoms with Crippen molar-refractivity contribution in [1.29, 1.82) is 0 Å². The molecule has 1 aromatic carbocycles. The first-order valence-corrected chi connectivity index (χ1v) is 10.0. The van der Waals surface area contributed by atoms with Gasteiger partial charge in [-0.15, -0.1) is 0 Å². The number of halogens is 1. The van der Waals surface area contributed by atoms with E-state index in [1.807, 2.05) is 0 Å². The molecule has 0 aromatic heterocycles. The van der Waals surface area contributed by atoms with Gasteiger partial charge < -0.3 is 30.0 Å². The minimum absolute atomic E-state index is 0.119. The maximum absolute atomic E-state index is 12.6. The van der Waals surface area contributed by atoms with Crippen LogP contribution in [0.25, 0.3) is 0 Å². The summed E-state index contributed by atoms with van der Waals surface area (Å²) in [5.74, 6) is -0.00399. The van der Waals surface area contributed by atoms with Crippen LogP contribution in [0.4, 0.5) is 5.69 Å². The van der Waals surface area contributed by atoms with Gasteiger partial charge in [0.25, 0.3) is 0 Å². The lowest BCUT2D eigenvalue weighted by atomic mass is 9.94. The van der Waals surface area contributed by atoms with E-state index in [9.17, 15) is 14.7 Å². The van der Waals surface area contributed by atoms with Gasteiger partial charge in [0.15, 0.2) is 0 Å². The first kappa shape index (κ1) is 20.9. The quantitative estimate of drug-likeness (QED) is 0.524. The maximum atomic E-state index is 12.6. The first-order chi connectivity index (χ1) is 13.4. The highest BCUT2D eigenvalue weighted by atomic mass is 35.5. The summed E-state index contributed by atoms with van der Waals surface area (Å²) < 4.78 is 11.0. The van der Waals surface area contributed by atoms with E-state index in [2.05, 4.69) is 4.90 Å². The molecule has 0 aliphatic carbocycles. The number of likely N-dealkylation sites (tertiary alicyclic amines) is 1. The normalized spacial score (nSPS) is 21.8. The molecule has 7 nitrogen and oxygen atoms in total. The van der Waals surface area contributed by atoms with Crippen LogP contribution in [0.2, 0.25) is 5.02 Å². The number of esters is 1. The van der Waals surface area contributed by atoms with Gasteiger partial charge in [-0.1, -0.05) is 11.6 Å². The molecule has 2 heterocycles. The highest BCUT2D eigenvalue weighted by Crippen LogP contribution is 2.39. The number of benzene rings is 1. The Balaban J connectivity index is 1.53. The zero-order valence-corrected chi connectivity index (χ0v) is 16.8. The molecule has 8 heteroatoms. The third kappa shape index (κ3) is 4.77. The number of fused-ring (bicyclic) bond motifs is 1. The van der Waals surface area contributed by atoms with Gasteiger partial charge in [0.2, 0.25) is 0 Å². The Kier molecular flexibility index (Phi) is 6.80. The maximum Gasteiger partial charge on any atom is 0.341 e. The molecule has 0 spiro atoms. The van der Waals surface area contributed by atoms with E-state index in [0.717, 1.165) is 31.5 Å². The average molecular weight is 411 g/mol. The van der Waals surface area contributed by atoms with Crippen LogP contribution in [0.5, 0.6) is 5.75 Å². The number of hydrogen-bond donors (Lipinski definition) is 2. The van der Waals surface area contributed by atoms with Crippen molar-refractivity contribution < 1.29 is 24.2 Å². The fraction of sp³-hybridized carbons (Fsp3) is 0.600. The number of rotatable bonds is 7. The molecule has 154 valence electrons. The number of Topliss-reactive ketones (excluding diaryl/α,β-unsaturated/α-hetero) is 1. The average Bonchev–Trinajstić information content (AvgIpc) is 3.13. The summed E-state index contributed by atoms with van der Waals surface area (Å²) >= 11 is 6.14. The zero-order valence-electron chi connectivity index (χ0n) is 16.1. The summed E-state index contributed by atoms with van der Waals surface area (Å²) in [5.41, 5.74) is 7.43. The molecule has 1 saturated heterocycles. The standard InChI is InChI=1S/C20H27ClN2O5/c1-12(24)3-2-6-23-7-4-13(17(25)10-23)11-28-20(26)15-9-16(21)18(22)14-5-8-27-19(14)15/h9,13,17,25H,2-8,10-11,22H2,1H3/t13-,17+/m1/s1. The third-order valence-corrected chi connectivity index (χ3v) is 5.74. The van der Waals surface area contributed by atoms with Crippen molar-refractivity contribution in [3.63, 3.8) is 0 Å². The van der Waals surface area contributed by atoms with E-state index in [4.69, 9.17) is 26.8 Å². The monoisotopic (exact) mass is 410 g/mol. The van der Waals surface area contributed by atoms with E-state index >= 15 is 0 Å². The Bertz CT molecular complexity index is 755. The van der Waals surface area contributed by atoms with Gasteiger partial charge in [-0.3, -0.25) is 0 Å². The van der Waals surface area contributed by atoms with Crippen LogP contribution in [0.1, 0.15) is 42.1 Å². The molecule has 2 atom stereocenters. The molecule has 0 radical (unpaired) electrons. The molecule has 3 N–H and O–H groups in total. The highest BCUT2D eigenvalue weighted by Gasteiger charge is 2.30. The van der Waals surface area contributed by atoms with Crippen molar-refractivity contribution in [2.75, 3.05) is 38.6 Å². The number of hydrogen-bond acceptors (Lipinski definition) is 7. The molecule has 1 fully saturated rings. The van der Waals surface area contributed by atoms with Crippen molar-refractivity contribution in [2.24, 2.45) is 5.92 Å². The predicted molar refractivity (Wildman–Crippen MR) is 106 cm³/mol. The number of piperidine rings is 1. The number of aliphatic hydroxyl groups is 1. The Hall–Kier alpha value is -1.83. The van der Waals surface area contributed by atoms with Crippen LogP contribution in [0, 0.1) is 5.92 Å². The lowest BCUT2D eigenvalue weighted by Gasteiger charge is -2.35.